The average molecular weight is 547 g/mol. The van der Waals surface area contributed by atoms with Crippen molar-refractivity contribution in [1.82, 2.24) is 21.3 Å². The highest BCUT2D eigenvalue weighted by molar-refractivity contribution is 8.54. The van der Waals surface area contributed by atoms with Crippen LogP contribution in [0, 0.1) is 0 Å². The van der Waals surface area contributed by atoms with E-state index in [-0.39, 0.29) is 27.4 Å². The summed E-state index contributed by atoms with van der Waals surface area (Å²) in [6, 6.07) is 0. The Morgan fingerprint density at radius 1 is 0.548 bits per heavy atom. The van der Waals surface area contributed by atoms with Crippen molar-refractivity contribution in [1.29, 1.82) is 0 Å². The van der Waals surface area contributed by atoms with Gasteiger partial charge in [0.2, 0.25) is 0 Å². The second kappa shape index (κ2) is 32.8. The molecule has 0 bridgehead atoms. The number of likely N-dealkylation sites (N-methyl/N-ethyl adjacent to an activating group) is 2. The summed E-state index contributed by atoms with van der Waals surface area (Å²) in [4.78, 5) is 34.0. The lowest BCUT2D eigenvalue weighted by molar-refractivity contribution is 0.394. The van der Waals surface area contributed by atoms with E-state index >= 15 is 0 Å². The summed E-state index contributed by atoms with van der Waals surface area (Å²) in [6.45, 7) is 2.90. The number of nitrogens with one attached hydrogen (secondary N) is 4. The standard InChI is InChI=1S/2C6H17N2O3PS.5H2O/c2*1-2-7-3-4-8-5-6-13-12(9,10)11;;;;;/h2*7-8H,2-6H2,1H3,(H2,9,10,11);5*1H2. The zero-order chi connectivity index (χ0) is 20.3. The molecule has 0 saturated carbocycles. The summed E-state index contributed by atoms with van der Waals surface area (Å²) in [7, 11) is 0. The Labute approximate surface area is 191 Å². The van der Waals surface area contributed by atoms with E-state index in [1.807, 2.05) is 13.8 Å². The average Bonchev–Trinajstić information content (AvgIpc) is 2.52. The number of hydrogen-bond donors (Lipinski definition) is 8. The summed E-state index contributed by atoms with van der Waals surface area (Å²) in [5.41, 5.74) is 0. The predicted molar refractivity (Wildman–Crippen MR) is 130 cm³/mol. The van der Waals surface area contributed by atoms with Gasteiger partial charge >= 0.3 is 13.6 Å². The molecule has 0 radical (unpaired) electrons. The molecular weight excluding hydrogens is 502 g/mol. The summed E-state index contributed by atoms with van der Waals surface area (Å²) >= 11 is 1.36. The van der Waals surface area contributed by atoms with Crippen LogP contribution >= 0.6 is 36.4 Å². The Morgan fingerprint density at radius 2 is 0.806 bits per heavy atom. The largest absolute Gasteiger partial charge is 0.412 e. The molecule has 0 aromatic carbocycles. The van der Waals surface area contributed by atoms with Gasteiger partial charge in [-0.3, -0.25) is 0 Å². The Morgan fingerprint density at radius 3 is 1.03 bits per heavy atom. The molecule has 0 aromatic heterocycles. The first-order valence-corrected chi connectivity index (χ1v) is 14.8. The van der Waals surface area contributed by atoms with Crippen LogP contribution < -0.4 is 21.3 Å². The van der Waals surface area contributed by atoms with Crippen LogP contribution in [0.15, 0.2) is 0 Å². The zero-order valence-corrected chi connectivity index (χ0v) is 21.3. The van der Waals surface area contributed by atoms with Crippen LogP contribution in [0.2, 0.25) is 0 Å². The van der Waals surface area contributed by atoms with Gasteiger partial charge in [0.25, 0.3) is 0 Å². The molecule has 0 aromatic rings. The third kappa shape index (κ3) is 59.0. The van der Waals surface area contributed by atoms with Gasteiger partial charge in [-0.1, -0.05) is 13.8 Å². The van der Waals surface area contributed by atoms with Crippen LogP contribution in [0.25, 0.3) is 0 Å². The molecule has 0 spiro atoms. The van der Waals surface area contributed by atoms with Crippen molar-refractivity contribution in [2.24, 2.45) is 0 Å². The molecule has 0 aliphatic rings. The second-order valence-corrected chi connectivity index (χ2v) is 12.6. The Balaban J connectivity index is -0.0000000640. The molecular formula is C12H44N4O11P2S2. The summed E-state index contributed by atoms with van der Waals surface area (Å²) in [5, 5.41) is 12.4. The highest BCUT2D eigenvalue weighted by atomic mass is 32.7. The van der Waals surface area contributed by atoms with Crippen molar-refractivity contribution < 1.29 is 56.1 Å². The van der Waals surface area contributed by atoms with Gasteiger partial charge in [-0.05, 0) is 35.9 Å². The van der Waals surface area contributed by atoms with Crippen molar-refractivity contribution in [2.75, 3.05) is 63.9 Å². The Kier molecular flexibility index (Phi) is 51.8. The van der Waals surface area contributed by atoms with Crippen LogP contribution in [0.1, 0.15) is 13.8 Å². The van der Waals surface area contributed by atoms with Crippen molar-refractivity contribution in [3.8, 4) is 0 Å². The number of hydrogen-bond acceptors (Lipinski definition) is 8. The molecule has 19 heteroatoms. The normalized spacial score (nSPS) is 10.0. The molecule has 0 aliphatic carbocycles. The van der Waals surface area contributed by atoms with Gasteiger partial charge < -0.3 is 68.2 Å². The molecule has 0 saturated heterocycles. The zero-order valence-electron chi connectivity index (χ0n) is 17.9. The van der Waals surface area contributed by atoms with Gasteiger partial charge in [0.1, 0.15) is 0 Å². The fraction of sp³-hybridized carbons (Fsp3) is 1.00. The highest BCUT2D eigenvalue weighted by Gasteiger charge is 2.12. The smallest absolute Gasteiger partial charge is 0.384 e. The minimum absolute atomic E-state index is 0. The fourth-order valence-electron chi connectivity index (χ4n) is 1.43. The molecule has 200 valence electrons. The van der Waals surface area contributed by atoms with Crippen LogP contribution in [0.4, 0.5) is 0 Å². The molecule has 0 aliphatic heterocycles. The van der Waals surface area contributed by atoms with Crippen LogP contribution in [-0.4, -0.2) is 111 Å². The van der Waals surface area contributed by atoms with E-state index in [2.05, 4.69) is 21.3 Å². The number of rotatable bonds is 16. The first kappa shape index (κ1) is 48.9. The maximum atomic E-state index is 10.4. The van der Waals surface area contributed by atoms with E-state index in [0.29, 0.717) is 47.4 Å². The van der Waals surface area contributed by atoms with Crippen molar-refractivity contribution >= 4 is 36.4 Å². The van der Waals surface area contributed by atoms with E-state index < -0.39 is 13.6 Å². The first-order valence-electron chi connectivity index (χ1n) is 8.35. The monoisotopic (exact) mass is 546 g/mol. The first-order chi connectivity index (χ1) is 12.1. The molecule has 15 nitrogen and oxygen atoms in total. The predicted octanol–water partition coefficient (Wildman–Crippen LogP) is -4.10. The molecule has 0 unspecified atom stereocenters. The topological polar surface area (TPSA) is 321 Å². The van der Waals surface area contributed by atoms with Gasteiger partial charge in [0.15, 0.2) is 0 Å². The van der Waals surface area contributed by atoms with E-state index in [1.54, 1.807) is 0 Å². The van der Waals surface area contributed by atoms with E-state index in [1.165, 1.54) is 0 Å². The van der Waals surface area contributed by atoms with Crippen molar-refractivity contribution in [2.45, 2.75) is 13.8 Å². The van der Waals surface area contributed by atoms with Gasteiger partial charge in [0.05, 0.1) is 0 Å². The van der Waals surface area contributed by atoms with E-state index in [4.69, 9.17) is 19.6 Å². The molecule has 18 N–H and O–H groups in total. The lowest BCUT2D eigenvalue weighted by Gasteiger charge is -2.05. The minimum atomic E-state index is -3.87. The molecule has 31 heavy (non-hydrogen) atoms. The second-order valence-electron chi connectivity index (χ2n) is 4.85. The molecule has 0 fully saturated rings. The maximum Gasteiger partial charge on any atom is 0.384 e. The molecule has 0 amide bonds. The lowest BCUT2D eigenvalue weighted by Crippen LogP contribution is -2.28. The highest BCUT2D eigenvalue weighted by Crippen LogP contribution is 2.50. The molecule has 0 atom stereocenters. The fourth-order valence-corrected chi connectivity index (χ4v) is 4.35. The van der Waals surface area contributed by atoms with Gasteiger partial charge in [-0.25, -0.2) is 9.13 Å². The van der Waals surface area contributed by atoms with Crippen LogP contribution in [-0.2, 0) is 9.13 Å². The molecule has 0 rings (SSSR count). The van der Waals surface area contributed by atoms with Gasteiger partial charge in [0, 0.05) is 50.8 Å². The third-order valence-electron chi connectivity index (χ3n) is 2.53. The SMILES string of the molecule is CCNCCNCCSP(=O)(O)O.CCNCCNCCSP(=O)(O)O.O.O.O.O.O. The summed E-state index contributed by atoms with van der Waals surface area (Å²) < 4.78 is 20.8. The van der Waals surface area contributed by atoms with Gasteiger partial charge in [-0.2, -0.15) is 0 Å². The minimum Gasteiger partial charge on any atom is -0.412 e. The molecule has 0 heterocycles. The van der Waals surface area contributed by atoms with E-state index in [0.717, 1.165) is 39.3 Å². The summed E-state index contributed by atoms with van der Waals surface area (Å²) in [5.74, 6) is 0.882. The Bertz CT molecular complexity index is 373. The van der Waals surface area contributed by atoms with Crippen LogP contribution in [0.3, 0.4) is 0 Å². The summed E-state index contributed by atoms with van der Waals surface area (Å²) in [6.07, 6.45) is 0. The van der Waals surface area contributed by atoms with Gasteiger partial charge in [-0.15, -0.1) is 0 Å². The maximum absolute atomic E-state index is 10.4. The van der Waals surface area contributed by atoms with Crippen molar-refractivity contribution in [3.05, 3.63) is 0 Å². The van der Waals surface area contributed by atoms with Crippen molar-refractivity contribution in [3.63, 3.8) is 0 Å². The Hall–Kier alpha value is 0.640. The quantitative estimate of drug-likeness (QED) is 0.0676. The van der Waals surface area contributed by atoms with E-state index in [9.17, 15) is 9.13 Å². The third-order valence-corrected chi connectivity index (χ3v) is 7.09. The van der Waals surface area contributed by atoms with Crippen LogP contribution in [0.5, 0.6) is 0 Å². The lowest BCUT2D eigenvalue weighted by atomic mass is 10.5.